The van der Waals surface area contributed by atoms with Crippen LogP contribution in [0.25, 0.3) is 0 Å². The number of amides is 1. The highest BCUT2D eigenvalue weighted by atomic mass is 16.2. The molecule has 0 saturated carbocycles. The van der Waals surface area contributed by atoms with Gasteiger partial charge in [-0.2, -0.15) is 0 Å². The molecule has 1 fully saturated rings. The van der Waals surface area contributed by atoms with Gasteiger partial charge in [0.25, 0.3) is 0 Å². The van der Waals surface area contributed by atoms with E-state index in [0.717, 1.165) is 6.54 Å². The van der Waals surface area contributed by atoms with Crippen LogP contribution in [-0.2, 0) is 4.79 Å². The van der Waals surface area contributed by atoms with Gasteiger partial charge in [0.1, 0.15) is 0 Å². The molecule has 1 heterocycles. The Bertz CT molecular complexity index is 196. The van der Waals surface area contributed by atoms with Crippen LogP contribution in [0.2, 0.25) is 0 Å². The van der Waals surface area contributed by atoms with Gasteiger partial charge in [0, 0.05) is 25.0 Å². The van der Waals surface area contributed by atoms with Crippen molar-refractivity contribution in [3.8, 4) is 0 Å². The number of rotatable bonds is 4. The number of nitrogens with zero attached hydrogens (tertiary/aromatic N) is 1. The van der Waals surface area contributed by atoms with Crippen LogP contribution >= 0.6 is 0 Å². The molecule has 2 unspecified atom stereocenters. The van der Waals surface area contributed by atoms with Crippen molar-refractivity contribution in [2.24, 2.45) is 5.84 Å². The smallest absolute Gasteiger partial charge is 0.235 e. The van der Waals surface area contributed by atoms with Crippen molar-refractivity contribution in [1.82, 2.24) is 10.3 Å². The van der Waals surface area contributed by atoms with Crippen molar-refractivity contribution in [3.63, 3.8) is 0 Å². The van der Waals surface area contributed by atoms with Gasteiger partial charge in [-0.05, 0) is 26.2 Å². The van der Waals surface area contributed by atoms with Crippen LogP contribution in [0.1, 0.15) is 39.5 Å². The summed E-state index contributed by atoms with van der Waals surface area (Å²) in [5.41, 5.74) is 2.17. The number of nitrogens with two attached hydrogens (primary N) is 1. The molecule has 0 aliphatic carbocycles. The largest absolute Gasteiger partial charge is 0.297 e. The topological polar surface area (TPSA) is 58.4 Å². The minimum Gasteiger partial charge on any atom is -0.297 e. The normalized spacial score (nSPS) is 27.9. The van der Waals surface area contributed by atoms with E-state index in [2.05, 4.69) is 24.2 Å². The maximum atomic E-state index is 11.0. The summed E-state index contributed by atoms with van der Waals surface area (Å²) in [6.07, 6.45) is 4.20. The Hall–Kier alpha value is -0.610. The number of hydrogen-bond donors (Lipinski definition) is 2. The quantitative estimate of drug-likeness (QED) is 0.396. The maximum absolute atomic E-state index is 11.0. The summed E-state index contributed by atoms with van der Waals surface area (Å²) in [6, 6.07) is 1.28. The number of likely N-dealkylation sites (tertiary alicyclic amines) is 1. The second-order valence-corrected chi connectivity index (χ2v) is 4.04. The lowest BCUT2D eigenvalue weighted by Crippen LogP contribution is -2.39. The third-order valence-corrected chi connectivity index (χ3v) is 3.18. The van der Waals surface area contributed by atoms with E-state index in [4.69, 9.17) is 5.84 Å². The summed E-state index contributed by atoms with van der Waals surface area (Å²) in [5, 5.41) is 0. The lowest BCUT2D eigenvalue weighted by Gasteiger charge is -2.27. The van der Waals surface area contributed by atoms with E-state index in [1.165, 1.54) is 19.3 Å². The lowest BCUT2D eigenvalue weighted by molar-refractivity contribution is -0.121. The zero-order valence-corrected chi connectivity index (χ0v) is 9.12. The molecule has 82 valence electrons. The Morgan fingerprint density at radius 3 is 2.86 bits per heavy atom. The second kappa shape index (κ2) is 5.32. The monoisotopic (exact) mass is 199 g/mol. The Kier molecular flexibility index (Phi) is 4.35. The first-order valence-electron chi connectivity index (χ1n) is 5.44. The molecular formula is C10H21N3O. The predicted molar refractivity (Wildman–Crippen MR) is 56.4 cm³/mol. The molecule has 1 amide bonds. The Balaban J connectivity index is 2.37. The highest BCUT2D eigenvalue weighted by molar-refractivity contribution is 5.75. The molecule has 1 aliphatic rings. The molecule has 14 heavy (non-hydrogen) atoms. The van der Waals surface area contributed by atoms with E-state index in [1.807, 2.05) is 0 Å². The Morgan fingerprint density at radius 2 is 2.29 bits per heavy atom. The number of carbonyl (C=O) groups is 1. The van der Waals surface area contributed by atoms with E-state index in [1.54, 1.807) is 0 Å². The van der Waals surface area contributed by atoms with Crippen molar-refractivity contribution < 1.29 is 4.79 Å². The number of nitrogens with one attached hydrogen (secondary N) is 1. The van der Waals surface area contributed by atoms with Crippen molar-refractivity contribution in [1.29, 1.82) is 0 Å². The van der Waals surface area contributed by atoms with Gasteiger partial charge >= 0.3 is 0 Å². The fourth-order valence-electron chi connectivity index (χ4n) is 2.27. The SMILES string of the molecule is CCC1CCC(C)N1CCC(=O)NN. The van der Waals surface area contributed by atoms with Gasteiger partial charge in [-0.3, -0.25) is 15.1 Å². The van der Waals surface area contributed by atoms with E-state index in [0.29, 0.717) is 18.5 Å². The van der Waals surface area contributed by atoms with Crippen LogP contribution in [-0.4, -0.2) is 29.4 Å². The average Bonchev–Trinajstić information content (AvgIpc) is 2.55. The molecule has 2 atom stereocenters. The molecule has 0 aromatic heterocycles. The summed E-state index contributed by atoms with van der Waals surface area (Å²) >= 11 is 0. The molecule has 0 bridgehead atoms. The number of hydrogen-bond acceptors (Lipinski definition) is 3. The standard InChI is InChI=1S/C10H21N3O/c1-3-9-5-4-8(2)13(9)7-6-10(14)12-11/h8-9H,3-7,11H2,1-2H3,(H,12,14). The summed E-state index contributed by atoms with van der Waals surface area (Å²) in [5.74, 6) is 4.97. The number of hydrazine groups is 1. The molecule has 3 N–H and O–H groups in total. The molecule has 4 heteroatoms. The molecule has 0 aromatic rings. The van der Waals surface area contributed by atoms with Gasteiger partial charge < -0.3 is 0 Å². The second-order valence-electron chi connectivity index (χ2n) is 4.04. The van der Waals surface area contributed by atoms with Gasteiger partial charge in [0.15, 0.2) is 0 Å². The first-order chi connectivity index (χ1) is 6.69. The van der Waals surface area contributed by atoms with Crippen molar-refractivity contribution in [2.45, 2.75) is 51.6 Å². The molecule has 1 saturated heterocycles. The lowest BCUT2D eigenvalue weighted by atomic mass is 10.1. The highest BCUT2D eigenvalue weighted by Gasteiger charge is 2.28. The zero-order chi connectivity index (χ0) is 10.6. The Labute approximate surface area is 85.8 Å². The predicted octanol–water partition coefficient (Wildman–Crippen LogP) is 0.629. The minimum atomic E-state index is -0.0704. The van der Waals surface area contributed by atoms with E-state index in [-0.39, 0.29) is 5.91 Å². The van der Waals surface area contributed by atoms with Crippen LogP contribution in [0.15, 0.2) is 0 Å². The molecule has 1 rings (SSSR count). The van der Waals surface area contributed by atoms with Crippen LogP contribution < -0.4 is 11.3 Å². The van der Waals surface area contributed by atoms with Crippen LogP contribution in [0, 0.1) is 0 Å². The van der Waals surface area contributed by atoms with Crippen molar-refractivity contribution in [3.05, 3.63) is 0 Å². The summed E-state index contributed by atoms with van der Waals surface area (Å²) < 4.78 is 0. The maximum Gasteiger partial charge on any atom is 0.235 e. The van der Waals surface area contributed by atoms with Crippen molar-refractivity contribution >= 4 is 5.91 Å². The first-order valence-corrected chi connectivity index (χ1v) is 5.44. The van der Waals surface area contributed by atoms with Crippen LogP contribution in [0.3, 0.4) is 0 Å². The highest BCUT2D eigenvalue weighted by Crippen LogP contribution is 2.25. The Morgan fingerprint density at radius 1 is 1.57 bits per heavy atom. The molecule has 0 aromatic carbocycles. The third-order valence-electron chi connectivity index (χ3n) is 3.18. The van der Waals surface area contributed by atoms with Gasteiger partial charge in [-0.1, -0.05) is 6.92 Å². The third kappa shape index (κ3) is 2.69. The fraction of sp³-hybridized carbons (Fsp3) is 0.900. The van der Waals surface area contributed by atoms with E-state index in [9.17, 15) is 4.79 Å². The molecular weight excluding hydrogens is 178 g/mol. The van der Waals surface area contributed by atoms with Crippen LogP contribution in [0.5, 0.6) is 0 Å². The van der Waals surface area contributed by atoms with Gasteiger partial charge in [-0.25, -0.2) is 5.84 Å². The average molecular weight is 199 g/mol. The van der Waals surface area contributed by atoms with E-state index < -0.39 is 0 Å². The van der Waals surface area contributed by atoms with Crippen molar-refractivity contribution in [2.75, 3.05) is 6.54 Å². The van der Waals surface area contributed by atoms with Gasteiger partial charge in [-0.15, -0.1) is 0 Å². The molecule has 0 spiro atoms. The van der Waals surface area contributed by atoms with Crippen LogP contribution in [0.4, 0.5) is 0 Å². The van der Waals surface area contributed by atoms with E-state index >= 15 is 0 Å². The fourth-order valence-corrected chi connectivity index (χ4v) is 2.27. The number of carbonyl (C=O) groups excluding carboxylic acids is 1. The molecule has 4 nitrogen and oxygen atoms in total. The summed E-state index contributed by atoms with van der Waals surface area (Å²) in [7, 11) is 0. The summed E-state index contributed by atoms with van der Waals surface area (Å²) in [6.45, 7) is 5.28. The molecule has 1 aliphatic heterocycles. The van der Waals surface area contributed by atoms with Gasteiger partial charge in [0.2, 0.25) is 5.91 Å². The first kappa shape index (κ1) is 11.5. The van der Waals surface area contributed by atoms with Gasteiger partial charge in [0.05, 0.1) is 0 Å². The summed E-state index contributed by atoms with van der Waals surface area (Å²) in [4.78, 5) is 13.4. The zero-order valence-electron chi connectivity index (χ0n) is 9.12. The minimum absolute atomic E-state index is 0.0704. The molecule has 0 radical (unpaired) electrons.